The molecule has 1 aromatic carbocycles. The van der Waals surface area contributed by atoms with Crippen LogP contribution < -0.4 is 0 Å². The third-order valence-corrected chi connectivity index (χ3v) is 4.83. The highest BCUT2D eigenvalue weighted by atomic mass is 16.3. The molecule has 0 aliphatic carbocycles. The summed E-state index contributed by atoms with van der Waals surface area (Å²) in [6.45, 7) is 0. The fourth-order valence-corrected chi connectivity index (χ4v) is 3.76. The molecule has 0 amide bonds. The minimum Gasteiger partial charge on any atom is -0.389 e. The average Bonchev–Trinajstić information content (AvgIpc) is 2.63. The molecule has 0 radical (unpaired) electrons. The molecule has 0 aromatic heterocycles. The standard InChI is InChI=1S/C16H20N2O/c1-18-14-6-7-15(18)10-16(19,9-14)8-12-2-4-13(11-17)5-3-12/h2-5,14-15,19H,6-10H2,1H3. The highest BCUT2D eigenvalue weighted by Gasteiger charge is 2.45. The molecular weight excluding hydrogens is 236 g/mol. The van der Waals surface area contributed by atoms with Gasteiger partial charge in [0.15, 0.2) is 0 Å². The number of nitrogens with zero attached hydrogens (tertiary/aromatic N) is 2. The third kappa shape index (κ3) is 2.39. The van der Waals surface area contributed by atoms with Gasteiger partial charge in [0.1, 0.15) is 0 Å². The summed E-state index contributed by atoms with van der Waals surface area (Å²) in [4.78, 5) is 2.44. The van der Waals surface area contributed by atoms with E-state index in [0.29, 0.717) is 24.1 Å². The monoisotopic (exact) mass is 256 g/mol. The van der Waals surface area contributed by atoms with Crippen LogP contribution in [-0.2, 0) is 6.42 Å². The Morgan fingerprint density at radius 1 is 1.26 bits per heavy atom. The zero-order chi connectivity index (χ0) is 13.5. The average molecular weight is 256 g/mol. The normalized spacial score (nSPS) is 34.2. The Morgan fingerprint density at radius 3 is 2.37 bits per heavy atom. The lowest BCUT2D eigenvalue weighted by Crippen LogP contribution is -2.50. The van der Waals surface area contributed by atoms with Gasteiger partial charge in [-0.25, -0.2) is 0 Å². The summed E-state index contributed by atoms with van der Waals surface area (Å²) in [5.74, 6) is 0. The van der Waals surface area contributed by atoms with Crippen molar-refractivity contribution in [1.82, 2.24) is 4.90 Å². The lowest BCUT2D eigenvalue weighted by atomic mass is 9.81. The van der Waals surface area contributed by atoms with E-state index < -0.39 is 5.60 Å². The zero-order valence-electron chi connectivity index (χ0n) is 11.3. The van der Waals surface area contributed by atoms with Crippen molar-refractivity contribution in [3.05, 3.63) is 35.4 Å². The molecule has 3 heteroatoms. The molecular formula is C16H20N2O. The van der Waals surface area contributed by atoms with E-state index in [1.807, 2.05) is 24.3 Å². The second kappa shape index (κ2) is 4.63. The Hall–Kier alpha value is -1.37. The first-order valence-electron chi connectivity index (χ1n) is 7.03. The molecule has 3 rings (SSSR count). The fraction of sp³-hybridized carbons (Fsp3) is 0.562. The SMILES string of the molecule is CN1C2CCC1CC(O)(Cc1ccc(C#N)cc1)C2. The van der Waals surface area contributed by atoms with E-state index in [4.69, 9.17) is 5.26 Å². The van der Waals surface area contributed by atoms with Crippen molar-refractivity contribution in [2.24, 2.45) is 0 Å². The van der Waals surface area contributed by atoms with Crippen LogP contribution in [0.15, 0.2) is 24.3 Å². The number of aliphatic hydroxyl groups is 1. The van der Waals surface area contributed by atoms with Gasteiger partial charge in [0, 0.05) is 18.5 Å². The fourth-order valence-electron chi connectivity index (χ4n) is 3.76. The molecule has 2 saturated heterocycles. The van der Waals surface area contributed by atoms with Crippen molar-refractivity contribution in [3.63, 3.8) is 0 Å². The molecule has 2 unspecified atom stereocenters. The number of benzene rings is 1. The van der Waals surface area contributed by atoms with Gasteiger partial charge in [-0.2, -0.15) is 5.26 Å². The molecule has 2 fully saturated rings. The van der Waals surface area contributed by atoms with Crippen molar-refractivity contribution in [3.8, 4) is 6.07 Å². The molecule has 3 nitrogen and oxygen atoms in total. The van der Waals surface area contributed by atoms with Crippen LogP contribution in [0.5, 0.6) is 0 Å². The maximum absolute atomic E-state index is 10.9. The molecule has 0 saturated carbocycles. The minimum atomic E-state index is -0.563. The first-order chi connectivity index (χ1) is 9.09. The molecule has 2 aliphatic heterocycles. The van der Waals surface area contributed by atoms with E-state index in [1.54, 1.807) is 0 Å². The van der Waals surface area contributed by atoms with Crippen molar-refractivity contribution < 1.29 is 5.11 Å². The summed E-state index contributed by atoms with van der Waals surface area (Å²) in [5.41, 5.74) is 1.25. The number of piperidine rings is 1. The molecule has 1 N–H and O–H groups in total. The third-order valence-electron chi connectivity index (χ3n) is 4.83. The predicted octanol–water partition coefficient (Wildman–Crippen LogP) is 2.09. The van der Waals surface area contributed by atoms with E-state index in [9.17, 15) is 5.11 Å². The van der Waals surface area contributed by atoms with Crippen LogP contribution in [0.3, 0.4) is 0 Å². The van der Waals surface area contributed by atoms with Crippen LogP contribution in [-0.4, -0.2) is 34.7 Å². The molecule has 2 atom stereocenters. The maximum Gasteiger partial charge on any atom is 0.0991 e. The molecule has 19 heavy (non-hydrogen) atoms. The summed E-state index contributed by atoms with van der Waals surface area (Å²) >= 11 is 0. The van der Waals surface area contributed by atoms with Crippen LogP contribution in [0.1, 0.15) is 36.8 Å². The molecule has 100 valence electrons. The Morgan fingerprint density at radius 2 is 1.84 bits per heavy atom. The molecule has 0 spiro atoms. The van der Waals surface area contributed by atoms with E-state index >= 15 is 0 Å². The highest BCUT2D eigenvalue weighted by molar-refractivity contribution is 5.32. The summed E-state index contributed by atoms with van der Waals surface area (Å²) in [6, 6.07) is 10.8. The summed E-state index contributed by atoms with van der Waals surface area (Å²) in [6.07, 6.45) is 4.90. The maximum atomic E-state index is 10.9. The van der Waals surface area contributed by atoms with E-state index in [1.165, 1.54) is 12.8 Å². The van der Waals surface area contributed by atoms with Crippen LogP contribution in [0.25, 0.3) is 0 Å². The van der Waals surface area contributed by atoms with E-state index in [2.05, 4.69) is 18.0 Å². The second-order valence-electron chi connectivity index (χ2n) is 6.17. The molecule has 2 heterocycles. The minimum absolute atomic E-state index is 0.544. The largest absolute Gasteiger partial charge is 0.389 e. The number of rotatable bonds is 2. The van der Waals surface area contributed by atoms with Gasteiger partial charge in [-0.3, -0.25) is 0 Å². The van der Waals surface area contributed by atoms with Gasteiger partial charge in [-0.1, -0.05) is 12.1 Å². The van der Waals surface area contributed by atoms with Crippen molar-refractivity contribution >= 4 is 0 Å². The summed E-state index contributed by atoms with van der Waals surface area (Å²) in [7, 11) is 2.18. The lowest BCUT2D eigenvalue weighted by Gasteiger charge is -2.42. The Bertz CT molecular complexity index is 488. The molecule has 2 aliphatic rings. The second-order valence-corrected chi connectivity index (χ2v) is 6.17. The quantitative estimate of drug-likeness (QED) is 0.881. The van der Waals surface area contributed by atoms with Crippen LogP contribution in [0.4, 0.5) is 0 Å². The topological polar surface area (TPSA) is 47.3 Å². The summed E-state index contributed by atoms with van der Waals surface area (Å²) in [5, 5.41) is 19.7. The van der Waals surface area contributed by atoms with Gasteiger partial charge in [0.2, 0.25) is 0 Å². The van der Waals surface area contributed by atoms with Crippen molar-refractivity contribution in [2.45, 2.75) is 49.8 Å². The number of hydrogen-bond acceptors (Lipinski definition) is 3. The first-order valence-corrected chi connectivity index (χ1v) is 7.03. The Kier molecular flexibility index (Phi) is 3.08. The zero-order valence-corrected chi connectivity index (χ0v) is 11.3. The molecule has 2 bridgehead atoms. The van der Waals surface area contributed by atoms with Gasteiger partial charge in [0.05, 0.1) is 17.2 Å². The lowest BCUT2D eigenvalue weighted by molar-refractivity contribution is -0.0437. The first kappa shape index (κ1) is 12.7. The van der Waals surface area contributed by atoms with Gasteiger partial charge >= 0.3 is 0 Å². The smallest absolute Gasteiger partial charge is 0.0991 e. The van der Waals surface area contributed by atoms with Crippen LogP contribution in [0.2, 0.25) is 0 Å². The van der Waals surface area contributed by atoms with E-state index in [-0.39, 0.29) is 0 Å². The highest BCUT2D eigenvalue weighted by Crippen LogP contribution is 2.41. The summed E-state index contributed by atoms with van der Waals surface area (Å²) < 4.78 is 0. The van der Waals surface area contributed by atoms with Gasteiger partial charge < -0.3 is 10.0 Å². The van der Waals surface area contributed by atoms with Crippen LogP contribution in [0, 0.1) is 11.3 Å². The van der Waals surface area contributed by atoms with Crippen molar-refractivity contribution in [2.75, 3.05) is 7.05 Å². The van der Waals surface area contributed by atoms with Gasteiger partial charge in [0.25, 0.3) is 0 Å². The predicted molar refractivity (Wildman–Crippen MR) is 73.6 cm³/mol. The van der Waals surface area contributed by atoms with Crippen LogP contribution >= 0.6 is 0 Å². The van der Waals surface area contributed by atoms with Crippen molar-refractivity contribution in [1.29, 1.82) is 5.26 Å². The number of fused-ring (bicyclic) bond motifs is 2. The molecule has 1 aromatic rings. The Balaban J connectivity index is 1.74. The van der Waals surface area contributed by atoms with Gasteiger partial charge in [-0.15, -0.1) is 0 Å². The van der Waals surface area contributed by atoms with E-state index in [0.717, 1.165) is 18.4 Å². The number of nitriles is 1. The van der Waals surface area contributed by atoms with Gasteiger partial charge in [-0.05, 0) is 50.4 Å². The number of hydrogen-bond donors (Lipinski definition) is 1. The Labute approximate surface area is 114 Å².